The van der Waals surface area contributed by atoms with Gasteiger partial charge in [-0.05, 0) is 24.0 Å². The number of aliphatic hydroxyl groups is 1. The molecule has 0 radical (unpaired) electrons. The molecule has 4 nitrogen and oxygen atoms in total. The van der Waals surface area contributed by atoms with Crippen molar-refractivity contribution >= 4 is 21.6 Å². The number of rotatable bonds is 7. The van der Waals surface area contributed by atoms with Crippen LogP contribution >= 0.6 is 11.8 Å². The highest BCUT2D eigenvalue weighted by atomic mass is 32.2. The molecule has 19 heavy (non-hydrogen) atoms. The van der Waals surface area contributed by atoms with Gasteiger partial charge in [-0.25, -0.2) is 8.42 Å². The van der Waals surface area contributed by atoms with E-state index in [0.717, 1.165) is 12.1 Å². The molecule has 0 aliphatic heterocycles. The van der Waals surface area contributed by atoms with Crippen molar-refractivity contribution in [2.45, 2.75) is 23.2 Å². The van der Waals surface area contributed by atoms with Gasteiger partial charge in [0.05, 0.1) is 11.0 Å². The molecule has 2 N–H and O–H groups in total. The molecule has 0 fully saturated rings. The van der Waals surface area contributed by atoms with E-state index >= 15 is 0 Å². The number of hydrogen-bond donors (Lipinski definition) is 2. The predicted octanol–water partition coefficient (Wildman–Crippen LogP) is 1.46. The lowest BCUT2D eigenvalue weighted by molar-refractivity contribution is 0.175. The van der Waals surface area contributed by atoms with Crippen LogP contribution in [0.2, 0.25) is 0 Å². The van der Waals surface area contributed by atoms with Gasteiger partial charge in [-0.1, -0.05) is 19.1 Å². The third-order valence-electron chi connectivity index (χ3n) is 2.86. The lowest BCUT2D eigenvalue weighted by atomic mass is 10.1. The molecule has 0 amide bonds. The minimum atomic E-state index is -3.18. The van der Waals surface area contributed by atoms with E-state index in [1.54, 1.807) is 23.9 Å². The zero-order valence-electron chi connectivity index (χ0n) is 11.5. The normalized spacial score (nSPS) is 15.2. The Morgan fingerprint density at radius 2 is 1.84 bits per heavy atom. The van der Waals surface area contributed by atoms with Crippen molar-refractivity contribution < 1.29 is 13.5 Å². The fourth-order valence-corrected chi connectivity index (χ4v) is 2.48. The van der Waals surface area contributed by atoms with Crippen LogP contribution in [0, 0.1) is 0 Å². The number of aliphatic hydroxyl groups excluding tert-OH is 1. The van der Waals surface area contributed by atoms with Gasteiger partial charge in [0.25, 0.3) is 0 Å². The number of hydrogen-bond acceptors (Lipinski definition) is 5. The predicted molar refractivity (Wildman–Crippen MR) is 80.4 cm³/mol. The molecule has 2 unspecified atom stereocenters. The van der Waals surface area contributed by atoms with Crippen LogP contribution in [-0.2, 0) is 9.84 Å². The molecule has 2 atom stereocenters. The van der Waals surface area contributed by atoms with Crippen LogP contribution in [0.5, 0.6) is 0 Å². The average molecular weight is 303 g/mol. The Labute approximate surface area is 119 Å². The summed E-state index contributed by atoms with van der Waals surface area (Å²) in [6, 6.07) is 6.36. The van der Waals surface area contributed by atoms with E-state index in [2.05, 4.69) is 12.2 Å². The molecule has 1 rings (SSSR count). The minimum Gasteiger partial charge on any atom is -0.387 e. The second-order valence-electron chi connectivity index (χ2n) is 4.56. The van der Waals surface area contributed by atoms with E-state index in [9.17, 15) is 13.5 Å². The molecule has 0 spiro atoms. The first kappa shape index (κ1) is 16.5. The van der Waals surface area contributed by atoms with Gasteiger partial charge in [-0.15, -0.1) is 0 Å². The van der Waals surface area contributed by atoms with Gasteiger partial charge in [0.15, 0.2) is 9.84 Å². The maximum absolute atomic E-state index is 11.3. The van der Waals surface area contributed by atoms with E-state index in [-0.39, 0.29) is 4.90 Å². The molecule has 0 aromatic heterocycles. The number of sulfone groups is 1. The van der Waals surface area contributed by atoms with E-state index in [1.165, 1.54) is 18.4 Å². The van der Waals surface area contributed by atoms with E-state index in [0.29, 0.717) is 11.8 Å². The Morgan fingerprint density at radius 1 is 1.26 bits per heavy atom. The molecular weight excluding hydrogens is 282 g/mol. The second-order valence-corrected chi connectivity index (χ2v) is 7.85. The Bertz CT molecular complexity index is 485. The molecule has 0 bridgehead atoms. The van der Waals surface area contributed by atoms with E-state index in [1.807, 2.05) is 6.26 Å². The Hall–Kier alpha value is -0.560. The van der Waals surface area contributed by atoms with Gasteiger partial charge in [-0.3, -0.25) is 0 Å². The highest BCUT2D eigenvalue weighted by Gasteiger charge is 2.11. The molecule has 108 valence electrons. The van der Waals surface area contributed by atoms with Crippen molar-refractivity contribution in [3.05, 3.63) is 29.8 Å². The van der Waals surface area contributed by atoms with Crippen molar-refractivity contribution in [3.63, 3.8) is 0 Å². The number of nitrogens with one attached hydrogen (secondary N) is 1. The molecule has 6 heteroatoms. The summed E-state index contributed by atoms with van der Waals surface area (Å²) in [6.45, 7) is 3.41. The standard InChI is InChI=1S/C13H21NO3S2/c1-10(18-2)8-14-9-13(15)11-4-6-12(7-5-11)19(3,16)17/h4-7,10,13-15H,8-9H2,1-3H3. The van der Waals surface area contributed by atoms with Crippen LogP contribution < -0.4 is 5.32 Å². The quantitative estimate of drug-likeness (QED) is 0.798. The largest absolute Gasteiger partial charge is 0.387 e. The summed E-state index contributed by atoms with van der Waals surface area (Å²) < 4.78 is 22.6. The van der Waals surface area contributed by atoms with Crippen molar-refractivity contribution in [1.82, 2.24) is 5.32 Å². The zero-order valence-corrected chi connectivity index (χ0v) is 13.1. The van der Waals surface area contributed by atoms with Crippen LogP contribution in [0.4, 0.5) is 0 Å². The average Bonchev–Trinajstić information content (AvgIpc) is 2.37. The first-order chi connectivity index (χ1) is 8.84. The summed E-state index contributed by atoms with van der Waals surface area (Å²) in [7, 11) is -3.18. The summed E-state index contributed by atoms with van der Waals surface area (Å²) in [5.41, 5.74) is 0.719. The molecule has 1 aromatic rings. The van der Waals surface area contributed by atoms with Gasteiger partial charge >= 0.3 is 0 Å². The first-order valence-corrected chi connectivity index (χ1v) is 9.24. The Morgan fingerprint density at radius 3 is 2.32 bits per heavy atom. The van der Waals surface area contributed by atoms with Gasteiger partial charge in [0.2, 0.25) is 0 Å². The fourth-order valence-electron chi connectivity index (χ4n) is 1.56. The summed E-state index contributed by atoms with van der Waals surface area (Å²) in [6.07, 6.45) is 2.60. The van der Waals surface area contributed by atoms with Crippen molar-refractivity contribution in [2.24, 2.45) is 0 Å². The van der Waals surface area contributed by atoms with Crippen LogP contribution in [0.1, 0.15) is 18.6 Å². The lowest BCUT2D eigenvalue weighted by Gasteiger charge is -2.14. The molecule has 0 saturated heterocycles. The fraction of sp³-hybridized carbons (Fsp3) is 0.538. The van der Waals surface area contributed by atoms with Crippen LogP contribution in [0.3, 0.4) is 0 Å². The second kappa shape index (κ2) is 7.28. The Kier molecular flexibility index (Phi) is 6.32. The maximum Gasteiger partial charge on any atom is 0.175 e. The minimum absolute atomic E-state index is 0.271. The van der Waals surface area contributed by atoms with E-state index < -0.39 is 15.9 Å². The van der Waals surface area contributed by atoms with Gasteiger partial charge in [-0.2, -0.15) is 11.8 Å². The summed E-state index contributed by atoms with van der Waals surface area (Å²) >= 11 is 1.77. The summed E-state index contributed by atoms with van der Waals surface area (Å²) in [5, 5.41) is 13.7. The molecule has 0 aliphatic rings. The zero-order chi connectivity index (χ0) is 14.5. The van der Waals surface area contributed by atoms with Crippen molar-refractivity contribution in [2.75, 3.05) is 25.6 Å². The SMILES string of the molecule is CSC(C)CNCC(O)c1ccc(S(C)(=O)=O)cc1. The number of thioether (sulfide) groups is 1. The summed E-state index contributed by atoms with van der Waals surface area (Å²) in [5.74, 6) is 0. The monoisotopic (exact) mass is 303 g/mol. The highest BCUT2D eigenvalue weighted by Crippen LogP contribution is 2.16. The van der Waals surface area contributed by atoms with Crippen LogP contribution in [-0.4, -0.2) is 44.4 Å². The van der Waals surface area contributed by atoms with Crippen LogP contribution in [0.15, 0.2) is 29.2 Å². The molecule has 1 aromatic carbocycles. The third-order valence-corrected chi connectivity index (χ3v) is 4.96. The Balaban J connectivity index is 2.56. The maximum atomic E-state index is 11.3. The molecular formula is C13H21NO3S2. The smallest absolute Gasteiger partial charge is 0.175 e. The van der Waals surface area contributed by atoms with Crippen LogP contribution in [0.25, 0.3) is 0 Å². The van der Waals surface area contributed by atoms with Gasteiger partial charge in [0.1, 0.15) is 0 Å². The molecule has 0 heterocycles. The molecule has 0 saturated carbocycles. The van der Waals surface area contributed by atoms with Crippen molar-refractivity contribution in [3.8, 4) is 0 Å². The lowest BCUT2D eigenvalue weighted by Crippen LogP contribution is -2.27. The van der Waals surface area contributed by atoms with Gasteiger partial charge < -0.3 is 10.4 Å². The molecule has 0 aliphatic carbocycles. The van der Waals surface area contributed by atoms with E-state index in [4.69, 9.17) is 0 Å². The first-order valence-electron chi connectivity index (χ1n) is 6.06. The highest BCUT2D eigenvalue weighted by molar-refractivity contribution is 7.99. The third kappa shape index (κ3) is 5.52. The number of benzene rings is 1. The van der Waals surface area contributed by atoms with Crippen molar-refractivity contribution in [1.29, 1.82) is 0 Å². The summed E-state index contributed by atoms with van der Waals surface area (Å²) in [4.78, 5) is 0.271. The topological polar surface area (TPSA) is 66.4 Å². The van der Waals surface area contributed by atoms with Gasteiger partial charge in [0, 0.05) is 24.6 Å².